The van der Waals surface area contributed by atoms with Crippen LogP contribution in [0.25, 0.3) is 47.0 Å². The van der Waals surface area contributed by atoms with Crippen LogP contribution in [0.15, 0.2) is 48.7 Å². The zero-order valence-corrected chi connectivity index (χ0v) is 27.9. The second-order valence-corrected chi connectivity index (χ2v) is 17.1. The minimum Gasteiger partial charge on any atom is -0.255 e. The predicted octanol–water partition coefficient (Wildman–Crippen LogP) is 12.1. The third-order valence-electron chi connectivity index (χ3n) is 9.39. The molecule has 3 heteroatoms. The molecule has 216 valence electrons. The van der Waals surface area contributed by atoms with Gasteiger partial charge < -0.3 is 0 Å². The smallest absolute Gasteiger partial charge is 0.195 e. The Balaban J connectivity index is 1.79. The van der Waals surface area contributed by atoms with Crippen LogP contribution in [0.2, 0.25) is 0 Å². The van der Waals surface area contributed by atoms with Gasteiger partial charge in [0.15, 0.2) is 5.69 Å². The van der Waals surface area contributed by atoms with Gasteiger partial charge in [-0.25, -0.2) is 4.85 Å². The highest BCUT2D eigenvalue weighted by atomic mass is 32.1. The normalized spacial score (nSPS) is 16.6. The van der Waals surface area contributed by atoms with Gasteiger partial charge in [-0.05, 0) is 92.1 Å². The fourth-order valence-corrected chi connectivity index (χ4v) is 8.65. The third-order valence-corrected chi connectivity index (χ3v) is 10.7. The Labute approximate surface area is 256 Å². The molecule has 0 radical (unpaired) electrons. The SMILES string of the molecule is [C-]#[N+]c1c2c(c3c(sc4c(-c5cc(C(C)(C)C)c6ccccc6c5)nccc43)c1CC(C)(C)C)C(C)(C)CCC2(C)C. The molecule has 0 saturated heterocycles. The van der Waals surface area contributed by atoms with Gasteiger partial charge in [-0.15, -0.1) is 11.3 Å². The summed E-state index contributed by atoms with van der Waals surface area (Å²) in [6.07, 6.45) is 5.10. The first-order valence-corrected chi connectivity index (χ1v) is 16.2. The molecule has 1 aliphatic rings. The van der Waals surface area contributed by atoms with Crippen LogP contribution in [0, 0.1) is 12.0 Å². The van der Waals surface area contributed by atoms with Gasteiger partial charge in [0.25, 0.3) is 0 Å². The van der Waals surface area contributed by atoms with Crippen LogP contribution in [0.1, 0.15) is 104 Å². The van der Waals surface area contributed by atoms with E-state index in [1.807, 2.05) is 17.5 Å². The molecule has 6 rings (SSSR count). The largest absolute Gasteiger partial charge is 0.255 e. The van der Waals surface area contributed by atoms with Crippen LogP contribution in [-0.4, -0.2) is 4.98 Å². The van der Waals surface area contributed by atoms with Crippen LogP contribution >= 0.6 is 11.3 Å². The number of fused-ring (bicyclic) bond motifs is 6. The summed E-state index contributed by atoms with van der Waals surface area (Å²) in [7, 11) is 0. The first-order chi connectivity index (χ1) is 19.5. The zero-order valence-electron chi connectivity index (χ0n) is 27.0. The zero-order chi connectivity index (χ0) is 30.4. The summed E-state index contributed by atoms with van der Waals surface area (Å²) >= 11 is 1.87. The number of pyridine rings is 1. The Kier molecular flexibility index (Phi) is 6.46. The molecule has 2 nitrogen and oxygen atoms in total. The van der Waals surface area contributed by atoms with Gasteiger partial charge >= 0.3 is 0 Å². The standard InChI is InChI=1S/C39H44N2S/c1-36(2,3)22-27-33(40-11)31-30(38(7,8)17-18-39(31,9)10)29-26-16-19-41-32(35(26)42-34(27)29)24-20-23-14-12-13-15-25(23)28(21-24)37(4,5)6/h12-16,19-21H,17-18,22H2,1-10H3. The third kappa shape index (κ3) is 4.55. The number of hydrogen-bond acceptors (Lipinski definition) is 2. The van der Waals surface area contributed by atoms with E-state index < -0.39 is 0 Å². The first kappa shape index (κ1) is 28.9. The highest BCUT2D eigenvalue weighted by Gasteiger charge is 2.42. The van der Waals surface area contributed by atoms with Crippen LogP contribution in [0.3, 0.4) is 0 Å². The van der Waals surface area contributed by atoms with Crippen molar-refractivity contribution in [2.24, 2.45) is 5.41 Å². The van der Waals surface area contributed by atoms with E-state index in [2.05, 4.69) is 117 Å². The molecule has 3 aromatic carbocycles. The molecule has 0 spiro atoms. The van der Waals surface area contributed by atoms with Crippen molar-refractivity contribution >= 4 is 48.0 Å². The summed E-state index contributed by atoms with van der Waals surface area (Å²) < 4.78 is 2.53. The lowest BCUT2D eigenvalue weighted by Gasteiger charge is -2.44. The van der Waals surface area contributed by atoms with E-state index in [1.54, 1.807) is 0 Å². The van der Waals surface area contributed by atoms with Gasteiger partial charge in [-0.2, -0.15) is 0 Å². The molecule has 5 aromatic rings. The average molecular weight is 573 g/mol. The maximum absolute atomic E-state index is 8.50. The average Bonchev–Trinajstić information content (AvgIpc) is 3.29. The lowest BCUT2D eigenvalue weighted by Crippen LogP contribution is -2.34. The first-order valence-electron chi connectivity index (χ1n) is 15.4. The topological polar surface area (TPSA) is 17.2 Å². The number of benzene rings is 3. The molecular weight excluding hydrogens is 529 g/mol. The number of nitrogens with zero attached hydrogens (tertiary/aromatic N) is 2. The molecule has 0 amide bonds. The molecule has 0 saturated carbocycles. The Morgan fingerprint density at radius 1 is 0.857 bits per heavy atom. The van der Waals surface area contributed by atoms with Crippen molar-refractivity contribution in [2.45, 2.75) is 105 Å². The minimum absolute atomic E-state index is 0.00274. The maximum Gasteiger partial charge on any atom is 0.195 e. The summed E-state index contributed by atoms with van der Waals surface area (Å²) in [6.45, 7) is 31.8. The molecule has 1 aliphatic carbocycles. The molecule has 42 heavy (non-hydrogen) atoms. The van der Waals surface area contributed by atoms with Gasteiger partial charge in [-0.1, -0.05) is 93.5 Å². The highest BCUT2D eigenvalue weighted by molar-refractivity contribution is 7.26. The Bertz CT molecular complexity index is 1930. The highest BCUT2D eigenvalue weighted by Crippen LogP contribution is 2.57. The number of aromatic nitrogens is 1. The van der Waals surface area contributed by atoms with Crippen molar-refractivity contribution in [3.63, 3.8) is 0 Å². The molecule has 0 N–H and O–H groups in total. The lowest BCUT2D eigenvalue weighted by molar-refractivity contribution is 0.335. The van der Waals surface area contributed by atoms with E-state index in [0.717, 1.165) is 30.6 Å². The number of rotatable bonds is 2. The number of thiophene rings is 1. The van der Waals surface area contributed by atoms with Crippen LogP contribution in [0.5, 0.6) is 0 Å². The van der Waals surface area contributed by atoms with Crippen molar-refractivity contribution in [1.29, 1.82) is 0 Å². The lowest BCUT2D eigenvalue weighted by atomic mass is 9.61. The summed E-state index contributed by atoms with van der Waals surface area (Å²) in [5.74, 6) is 0. The molecule has 0 fully saturated rings. The monoisotopic (exact) mass is 572 g/mol. The van der Waals surface area contributed by atoms with Crippen molar-refractivity contribution in [1.82, 2.24) is 4.98 Å². The second kappa shape index (κ2) is 9.39. The van der Waals surface area contributed by atoms with Crippen LogP contribution in [-0.2, 0) is 22.7 Å². The molecular formula is C39H44N2S. The second-order valence-electron chi connectivity index (χ2n) is 16.0. The van der Waals surface area contributed by atoms with Crippen LogP contribution in [0.4, 0.5) is 5.69 Å². The quantitative estimate of drug-likeness (QED) is 0.192. The minimum atomic E-state index is -0.0460. The summed E-state index contributed by atoms with van der Waals surface area (Å²) in [5.41, 5.74) is 8.41. The van der Waals surface area contributed by atoms with Crippen molar-refractivity contribution in [3.05, 3.63) is 82.3 Å². The van der Waals surface area contributed by atoms with E-state index in [4.69, 9.17) is 11.6 Å². The van der Waals surface area contributed by atoms with Gasteiger partial charge in [0.1, 0.15) is 0 Å². The molecule has 0 unspecified atom stereocenters. The Morgan fingerprint density at radius 2 is 1.52 bits per heavy atom. The summed E-state index contributed by atoms with van der Waals surface area (Å²) in [6, 6.07) is 15.7. The van der Waals surface area contributed by atoms with Gasteiger partial charge in [0.2, 0.25) is 0 Å². The Hall–Kier alpha value is -3.22. The Morgan fingerprint density at radius 3 is 2.17 bits per heavy atom. The maximum atomic E-state index is 8.50. The van der Waals surface area contributed by atoms with Gasteiger partial charge in [0.05, 0.1) is 17.0 Å². The van der Waals surface area contributed by atoms with E-state index in [9.17, 15) is 0 Å². The molecule has 0 aliphatic heterocycles. The van der Waals surface area contributed by atoms with E-state index in [1.165, 1.54) is 58.8 Å². The van der Waals surface area contributed by atoms with E-state index >= 15 is 0 Å². The molecule has 2 heterocycles. The van der Waals surface area contributed by atoms with Crippen molar-refractivity contribution in [2.75, 3.05) is 0 Å². The van der Waals surface area contributed by atoms with Gasteiger partial charge in [0, 0.05) is 27.2 Å². The van der Waals surface area contributed by atoms with Crippen molar-refractivity contribution < 1.29 is 0 Å². The van der Waals surface area contributed by atoms with Gasteiger partial charge in [-0.3, -0.25) is 4.98 Å². The molecule has 2 aromatic heterocycles. The molecule has 0 atom stereocenters. The van der Waals surface area contributed by atoms with Crippen molar-refractivity contribution in [3.8, 4) is 11.3 Å². The predicted molar refractivity (Wildman–Crippen MR) is 183 cm³/mol. The van der Waals surface area contributed by atoms with Crippen LogP contribution < -0.4 is 0 Å². The number of hydrogen-bond donors (Lipinski definition) is 0. The van der Waals surface area contributed by atoms with E-state index in [0.29, 0.717) is 0 Å². The summed E-state index contributed by atoms with van der Waals surface area (Å²) in [4.78, 5) is 9.42. The molecule has 0 bridgehead atoms. The van der Waals surface area contributed by atoms with E-state index in [-0.39, 0.29) is 21.7 Å². The fourth-order valence-electron chi connectivity index (χ4n) is 7.29. The fraction of sp³-hybridized carbons (Fsp3) is 0.436. The summed E-state index contributed by atoms with van der Waals surface area (Å²) in [5, 5.41) is 5.22.